The first-order chi connectivity index (χ1) is 8.08. The van der Waals surface area contributed by atoms with E-state index in [1.54, 1.807) is 11.8 Å². The Kier molecular flexibility index (Phi) is 5.56. The fraction of sp³-hybridized carbons (Fsp3) is 0.500. The van der Waals surface area contributed by atoms with Gasteiger partial charge in [0.2, 0.25) is 0 Å². The maximum atomic E-state index is 11.4. The van der Waals surface area contributed by atoms with Crippen LogP contribution in [0, 0.1) is 5.41 Å². The molecule has 0 amide bonds. The lowest BCUT2D eigenvalue weighted by molar-refractivity contribution is -0.146. The summed E-state index contributed by atoms with van der Waals surface area (Å²) in [5.41, 5.74) is 0.427. The molecule has 1 rings (SSSR count). The van der Waals surface area contributed by atoms with Crippen molar-refractivity contribution in [1.29, 1.82) is 0 Å². The van der Waals surface area contributed by atoms with E-state index in [2.05, 4.69) is 6.92 Å². The van der Waals surface area contributed by atoms with Crippen LogP contribution in [0.1, 0.15) is 25.8 Å². The SMILES string of the molecule is CCCSCC(C)(Cc1ccccc1)C(=O)O. The number of carbonyl (C=O) groups is 1. The molecule has 2 nitrogen and oxygen atoms in total. The van der Waals surface area contributed by atoms with E-state index in [-0.39, 0.29) is 0 Å². The molecule has 1 atom stereocenters. The zero-order valence-electron chi connectivity index (χ0n) is 10.5. The molecule has 0 radical (unpaired) electrons. The number of carboxylic acid groups (broad SMARTS) is 1. The fourth-order valence-electron chi connectivity index (χ4n) is 1.68. The van der Waals surface area contributed by atoms with Gasteiger partial charge in [0.1, 0.15) is 0 Å². The smallest absolute Gasteiger partial charge is 0.310 e. The van der Waals surface area contributed by atoms with Crippen LogP contribution in [-0.4, -0.2) is 22.6 Å². The molecule has 0 saturated heterocycles. The van der Waals surface area contributed by atoms with Crippen LogP contribution >= 0.6 is 11.8 Å². The Balaban J connectivity index is 2.68. The molecular weight excluding hydrogens is 232 g/mol. The zero-order chi connectivity index (χ0) is 12.7. The van der Waals surface area contributed by atoms with Gasteiger partial charge in [-0.1, -0.05) is 37.3 Å². The van der Waals surface area contributed by atoms with Gasteiger partial charge in [-0.2, -0.15) is 11.8 Å². The van der Waals surface area contributed by atoms with Gasteiger partial charge < -0.3 is 5.11 Å². The molecule has 0 aliphatic heterocycles. The molecule has 0 bridgehead atoms. The third-order valence-corrected chi connectivity index (χ3v) is 4.26. The largest absolute Gasteiger partial charge is 0.481 e. The van der Waals surface area contributed by atoms with Gasteiger partial charge in [-0.15, -0.1) is 0 Å². The summed E-state index contributed by atoms with van der Waals surface area (Å²) in [6.07, 6.45) is 1.69. The Morgan fingerprint density at radius 3 is 2.53 bits per heavy atom. The van der Waals surface area contributed by atoms with E-state index in [4.69, 9.17) is 0 Å². The maximum Gasteiger partial charge on any atom is 0.310 e. The summed E-state index contributed by atoms with van der Waals surface area (Å²) >= 11 is 1.73. The molecule has 1 aromatic carbocycles. The first-order valence-electron chi connectivity index (χ1n) is 5.93. The highest BCUT2D eigenvalue weighted by Gasteiger charge is 2.33. The van der Waals surface area contributed by atoms with Crippen molar-refractivity contribution < 1.29 is 9.90 Å². The highest BCUT2D eigenvalue weighted by Crippen LogP contribution is 2.28. The van der Waals surface area contributed by atoms with Crippen LogP contribution in [0.2, 0.25) is 0 Å². The summed E-state index contributed by atoms with van der Waals surface area (Å²) in [4.78, 5) is 11.4. The minimum Gasteiger partial charge on any atom is -0.481 e. The molecule has 0 spiro atoms. The summed E-state index contributed by atoms with van der Waals surface area (Å²) in [6.45, 7) is 3.95. The predicted molar refractivity (Wildman–Crippen MR) is 73.5 cm³/mol. The van der Waals surface area contributed by atoms with Crippen molar-refractivity contribution in [2.45, 2.75) is 26.7 Å². The molecule has 0 fully saturated rings. The number of hydrogen-bond acceptors (Lipinski definition) is 2. The summed E-state index contributed by atoms with van der Waals surface area (Å²) < 4.78 is 0. The van der Waals surface area contributed by atoms with E-state index in [9.17, 15) is 9.90 Å². The number of thioether (sulfide) groups is 1. The van der Waals surface area contributed by atoms with Gasteiger partial charge >= 0.3 is 5.97 Å². The molecule has 1 unspecified atom stereocenters. The van der Waals surface area contributed by atoms with Crippen molar-refractivity contribution >= 4 is 17.7 Å². The molecule has 0 aliphatic rings. The minimum atomic E-state index is -0.704. The van der Waals surface area contributed by atoms with E-state index < -0.39 is 11.4 Å². The van der Waals surface area contributed by atoms with Crippen LogP contribution in [0.25, 0.3) is 0 Å². The molecule has 1 aromatic rings. The number of carboxylic acids is 1. The minimum absolute atomic E-state index is 0.597. The standard InChI is InChI=1S/C14H20O2S/c1-3-9-17-11-14(2,13(15)16)10-12-7-5-4-6-8-12/h4-8H,3,9-11H2,1-2H3,(H,15,16). The second-order valence-electron chi connectivity index (χ2n) is 4.58. The second kappa shape index (κ2) is 6.70. The normalized spacial score (nSPS) is 14.2. The number of rotatable bonds is 7. The Labute approximate surface area is 107 Å². The van der Waals surface area contributed by atoms with Crippen LogP contribution in [0.4, 0.5) is 0 Å². The lowest BCUT2D eigenvalue weighted by atomic mass is 9.86. The Morgan fingerprint density at radius 2 is 2.00 bits per heavy atom. The van der Waals surface area contributed by atoms with Crippen LogP contribution in [0.15, 0.2) is 30.3 Å². The predicted octanol–water partition coefficient (Wildman–Crippen LogP) is 3.46. The van der Waals surface area contributed by atoms with Crippen molar-refractivity contribution in [3.8, 4) is 0 Å². The van der Waals surface area contributed by atoms with Crippen LogP contribution in [0.3, 0.4) is 0 Å². The van der Waals surface area contributed by atoms with Gasteiger partial charge in [-0.05, 0) is 31.1 Å². The molecule has 0 aliphatic carbocycles. The molecule has 0 aromatic heterocycles. The molecule has 0 heterocycles. The third kappa shape index (κ3) is 4.43. The molecule has 17 heavy (non-hydrogen) atoms. The van der Waals surface area contributed by atoms with Gasteiger partial charge in [0.25, 0.3) is 0 Å². The highest BCUT2D eigenvalue weighted by molar-refractivity contribution is 7.99. The molecular formula is C14H20O2S. The van der Waals surface area contributed by atoms with Gasteiger partial charge in [-0.25, -0.2) is 0 Å². The Bertz CT molecular complexity index is 350. The lowest BCUT2D eigenvalue weighted by Gasteiger charge is -2.24. The van der Waals surface area contributed by atoms with Gasteiger partial charge in [-0.3, -0.25) is 4.79 Å². The third-order valence-electron chi connectivity index (χ3n) is 2.72. The van der Waals surface area contributed by atoms with E-state index in [1.807, 2.05) is 37.3 Å². The van der Waals surface area contributed by atoms with Crippen molar-refractivity contribution in [3.63, 3.8) is 0 Å². The van der Waals surface area contributed by atoms with Crippen LogP contribution in [0.5, 0.6) is 0 Å². The van der Waals surface area contributed by atoms with Gasteiger partial charge in [0, 0.05) is 5.75 Å². The molecule has 0 saturated carbocycles. The van der Waals surface area contributed by atoms with Gasteiger partial charge in [0.05, 0.1) is 5.41 Å². The average molecular weight is 252 g/mol. The second-order valence-corrected chi connectivity index (χ2v) is 5.69. The van der Waals surface area contributed by atoms with Crippen molar-refractivity contribution in [1.82, 2.24) is 0 Å². The van der Waals surface area contributed by atoms with Crippen molar-refractivity contribution in [3.05, 3.63) is 35.9 Å². The zero-order valence-corrected chi connectivity index (χ0v) is 11.3. The fourth-order valence-corrected chi connectivity index (χ4v) is 2.79. The summed E-state index contributed by atoms with van der Waals surface area (Å²) in [7, 11) is 0. The average Bonchev–Trinajstić information content (AvgIpc) is 2.30. The summed E-state index contributed by atoms with van der Waals surface area (Å²) in [6, 6.07) is 9.85. The first kappa shape index (κ1) is 14.1. The van der Waals surface area contributed by atoms with E-state index in [0.29, 0.717) is 12.2 Å². The Hall–Kier alpha value is -0.960. The first-order valence-corrected chi connectivity index (χ1v) is 7.09. The van der Waals surface area contributed by atoms with Crippen molar-refractivity contribution in [2.75, 3.05) is 11.5 Å². The number of aliphatic carboxylic acids is 1. The summed E-state index contributed by atoms with van der Waals surface area (Å²) in [5.74, 6) is 0.993. The van der Waals surface area contributed by atoms with Crippen molar-refractivity contribution in [2.24, 2.45) is 5.41 Å². The molecule has 3 heteroatoms. The quantitative estimate of drug-likeness (QED) is 0.755. The summed E-state index contributed by atoms with van der Waals surface area (Å²) in [5, 5.41) is 9.38. The Morgan fingerprint density at radius 1 is 1.35 bits per heavy atom. The van der Waals surface area contributed by atoms with Crippen LogP contribution < -0.4 is 0 Å². The topological polar surface area (TPSA) is 37.3 Å². The number of benzene rings is 1. The van der Waals surface area contributed by atoms with E-state index in [1.165, 1.54) is 0 Å². The van der Waals surface area contributed by atoms with E-state index in [0.717, 1.165) is 17.7 Å². The lowest BCUT2D eigenvalue weighted by Crippen LogP contribution is -2.32. The monoisotopic (exact) mass is 252 g/mol. The van der Waals surface area contributed by atoms with E-state index >= 15 is 0 Å². The number of hydrogen-bond donors (Lipinski definition) is 1. The highest BCUT2D eigenvalue weighted by atomic mass is 32.2. The maximum absolute atomic E-state index is 11.4. The molecule has 94 valence electrons. The van der Waals surface area contributed by atoms with Crippen LogP contribution in [-0.2, 0) is 11.2 Å². The molecule has 1 N–H and O–H groups in total. The van der Waals surface area contributed by atoms with Gasteiger partial charge in [0.15, 0.2) is 0 Å².